The lowest BCUT2D eigenvalue weighted by atomic mass is 9.92. The van der Waals surface area contributed by atoms with Crippen molar-refractivity contribution < 1.29 is 13.5 Å². The molecule has 0 saturated heterocycles. The summed E-state index contributed by atoms with van der Waals surface area (Å²) >= 11 is 0. The average Bonchev–Trinajstić information content (AvgIpc) is 2.71. The number of nitrogens with zero attached hydrogens (tertiary/aromatic N) is 2. The number of benzene rings is 1. The molecule has 114 valence electrons. The first-order valence-corrected chi connectivity index (χ1v) is 7.94. The molecule has 0 saturated carbocycles. The standard InChI is InChI=1S/C14H19N3O3S/c1-14(2,3)13-12(9-17(4)15-13)21(19,20)16-10-6-5-7-11(18)8-10/h5-9,16,18H,1-4H3. The number of hydrogen-bond acceptors (Lipinski definition) is 4. The molecule has 0 bridgehead atoms. The molecule has 0 aliphatic heterocycles. The molecular weight excluding hydrogens is 290 g/mol. The van der Waals surface area contributed by atoms with Gasteiger partial charge in [-0.15, -0.1) is 0 Å². The number of nitrogens with one attached hydrogen (secondary N) is 1. The molecule has 0 amide bonds. The highest BCUT2D eigenvalue weighted by atomic mass is 32.2. The molecule has 2 aromatic rings. The van der Waals surface area contributed by atoms with E-state index in [0.717, 1.165) is 0 Å². The minimum absolute atomic E-state index is 0.00238. The SMILES string of the molecule is Cn1cc(S(=O)(=O)Nc2cccc(O)c2)c(C(C)(C)C)n1. The molecule has 21 heavy (non-hydrogen) atoms. The maximum Gasteiger partial charge on any atom is 0.265 e. The Morgan fingerprint density at radius 3 is 2.52 bits per heavy atom. The van der Waals surface area contributed by atoms with Gasteiger partial charge < -0.3 is 5.11 Å². The highest BCUT2D eigenvalue weighted by molar-refractivity contribution is 7.92. The molecule has 0 radical (unpaired) electrons. The number of rotatable bonds is 3. The van der Waals surface area contributed by atoms with Crippen LogP contribution in [0.2, 0.25) is 0 Å². The van der Waals surface area contributed by atoms with Crippen molar-refractivity contribution in [2.75, 3.05) is 4.72 Å². The van der Waals surface area contributed by atoms with Crippen molar-refractivity contribution in [3.05, 3.63) is 36.2 Å². The Labute approximate surface area is 124 Å². The number of aromatic hydroxyl groups is 1. The van der Waals surface area contributed by atoms with Gasteiger partial charge in [-0.3, -0.25) is 9.40 Å². The first-order chi connectivity index (χ1) is 9.59. The zero-order valence-corrected chi connectivity index (χ0v) is 13.3. The van der Waals surface area contributed by atoms with Crippen LogP contribution in [0.15, 0.2) is 35.4 Å². The van der Waals surface area contributed by atoms with Crippen LogP contribution in [0.25, 0.3) is 0 Å². The van der Waals surface area contributed by atoms with Gasteiger partial charge in [-0.2, -0.15) is 5.10 Å². The number of aryl methyl sites for hydroxylation is 1. The lowest BCUT2D eigenvalue weighted by Gasteiger charge is -2.17. The van der Waals surface area contributed by atoms with E-state index in [4.69, 9.17) is 0 Å². The van der Waals surface area contributed by atoms with Gasteiger partial charge in [-0.05, 0) is 12.1 Å². The van der Waals surface area contributed by atoms with Crippen LogP contribution in [0.3, 0.4) is 0 Å². The zero-order valence-electron chi connectivity index (χ0n) is 12.5. The fourth-order valence-electron chi connectivity index (χ4n) is 1.96. The van der Waals surface area contributed by atoms with Crippen molar-refractivity contribution in [3.8, 4) is 5.75 Å². The fraction of sp³-hybridized carbons (Fsp3) is 0.357. The van der Waals surface area contributed by atoms with E-state index in [1.165, 1.54) is 23.0 Å². The van der Waals surface area contributed by atoms with Crippen molar-refractivity contribution in [3.63, 3.8) is 0 Å². The summed E-state index contributed by atoms with van der Waals surface area (Å²) < 4.78 is 29.0. The number of aromatic nitrogens is 2. The number of sulfonamides is 1. The van der Waals surface area contributed by atoms with Crippen molar-refractivity contribution in [1.82, 2.24) is 9.78 Å². The molecule has 1 heterocycles. The van der Waals surface area contributed by atoms with Gasteiger partial charge in [0.15, 0.2) is 0 Å². The molecule has 1 aromatic carbocycles. The smallest absolute Gasteiger partial charge is 0.265 e. The minimum atomic E-state index is -3.77. The molecule has 6 nitrogen and oxygen atoms in total. The Morgan fingerprint density at radius 1 is 1.29 bits per heavy atom. The Morgan fingerprint density at radius 2 is 1.95 bits per heavy atom. The first kappa shape index (κ1) is 15.4. The molecule has 7 heteroatoms. The number of hydrogen-bond donors (Lipinski definition) is 2. The van der Waals surface area contributed by atoms with Gasteiger partial charge in [0, 0.05) is 24.7 Å². The van der Waals surface area contributed by atoms with Crippen molar-refractivity contribution in [1.29, 1.82) is 0 Å². The topological polar surface area (TPSA) is 84.2 Å². The van der Waals surface area contributed by atoms with E-state index >= 15 is 0 Å². The molecule has 0 unspecified atom stereocenters. The zero-order chi connectivity index (χ0) is 15.8. The van der Waals surface area contributed by atoms with Crippen LogP contribution in [-0.4, -0.2) is 23.3 Å². The number of anilines is 1. The van der Waals surface area contributed by atoms with Gasteiger partial charge in [0.25, 0.3) is 10.0 Å². The van der Waals surface area contributed by atoms with Gasteiger partial charge in [-0.25, -0.2) is 8.42 Å². The predicted octanol–water partition coefficient (Wildman–Crippen LogP) is 2.22. The highest BCUT2D eigenvalue weighted by Gasteiger charge is 2.29. The summed E-state index contributed by atoms with van der Waals surface area (Å²) in [5.74, 6) is -0.00238. The summed E-state index contributed by atoms with van der Waals surface area (Å²) in [5, 5.41) is 13.7. The van der Waals surface area contributed by atoms with Crippen LogP contribution in [-0.2, 0) is 22.5 Å². The third-order valence-electron chi connectivity index (χ3n) is 2.89. The minimum Gasteiger partial charge on any atom is -0.508 e. The molecule has 0 atom stereocenters. The first-order valence-electron chi connectivity index (χ1n) is 6.45. The third kappa shape index (κ3) is 3.36. The Balaban J connectivity index is 2.45. The molecule has 0 fully saturated rings. The molecule has 2 N–H and O–H groups in total. The van der Waals surface area contributed by atoms with Crippen LogP contribution in [0.4, 0.5) is 5.69 Å². The van der Waals surface area contributed by atoms with Crippen molar-refractivity contribution in [2.45, 2.75) is 31.1 Å². The van der Waals surface area contributed by atoms with E-state index in [0.29, 0.717) is 11.4 Å². The molecular formula is C14H19N3O3S. The molecule has 1 aromatic heterocycles. The van der Waals surface area contributed by atoms with Gasteiger partial charge in [0.2, 0.25) is 0 Å². The van der Waals surface area contributed by atoms with Crippen LogP contribution in [0.1, 0.15) is 26.5 Å². The summed E-state index contributed by atoms with van der Waals surface area (Å²) in [5.41, 5.74) is 0.404. The van der Waals surface area contributed by atoms with Crippen LogP contribution < -0.4 is 4.72 Å². The van der Waals surface area contributed by atoms with Crippen LogP contribution >= 0.6 is 0 Å². The van der Waals surface area contributed by atoms with E-state index in [9.17, 15) is 13.5 Å². The van der Waals surface area contributed by atoms with Crippen molar-refractivity contribution in [2.24, 2.45) is 7.05 Å². The predicted molar refractivity (Wildman–Crippen MR) is 80.8 cm³/mol. The van der Waals surface area contributed by atoms with Gasteiger partial charge in [0.1, 0.15) is 10.6 Å². The second kappa shape index (κ2) is 5.07. The second-order valence-electron chi connectivity index (χ2n) is 5.92. The Kier molecular flexibility index (Phi) is 3.71. The number of phenolic OH excluding ortho intramolecular Hbond substituents is 1. The molecule has 2 rings (SSSR count). The van der Waals surface area contributed by atoms with E-state index in [1.807, 2.05) is 20.8 Å². The summed E-state index contributed by atoms with van der Waals surface area (Å²) in [4.78, 5) is 0.140. The molecule has 0 aliphatic rings. The molecule has 0 spiro atoms. The lowest BCUT2D eigenvalue weighted by molar-refractivity contribution is 0.475. The average molecular weight is 309 g/mol. The van der Waals surface area contributed by atoms with Gasteiger partial charge >= 0.3 is 0 Å². The lowest BCUT2D eigenvalue weighted by Crippen LogP contribution is -2.20. The quantitative estimate of drug-likeness (QED) is 0.910. The van der Waals surface area contributed by atoms with E-state index in [2.05, 4.69) is 9.82 Å². The Bertz CT molecular complexity index is 758. The van der Waals surface area contributed by atoms with Crippen LogP contribution in [0.5, 0.6) is 5.75 Å². The maximum atomic E-state index is 12.5. The monoisotopic (exact) mass is 309 g/mol. The molecule has 0 aliphatic carbocycles. The summed E-state index contributed by atoms with van der Waals surface area (Å²) in [6.07, 6.45) is 1.48. The Hall–Kier alpha value is -2.02. The fourth-order valence-corrected chi connectivity index (χ4v) is 3.40. The van der Waals surface area contributed by atoms with Gasteiger partial charge in [-0.1, -0.05) is 26.8 Å². The normalized spacial score (nSPS) is 12.4. The summed E-state index contributed by atoms with van der Waals surface area (Å²) in [6.45, 7) is 5.72. The van der Waals surface area contributed by atoms with E-state index in [1.54, 1.807) is 19.2 Å². The summed E-state index contributed by atoms with van der Waals surface area (Å²) in [6, 6.07) is 5.97. The van der Waals surface area contributed by atoms with Crippen molar-refractivity contribution >= 4 is 15.7 Å². The van der Waals surface area contributed by atoms with Crippen LogP contribution in [0, 0.1) is 0 Å². The van der Waals surface area contributed by atoms with E-state index in [-0.39, 0.29) is 10.6 Å². The van der Waals surface area contributed by atoms with Gasteiger partial charge in [0.05, 0.1) is 11.4 Å². The largest absolute Gasteiger partial charge is 0.508 e. The maximum absolute atomic E-state index is 12.5. The van der Waals surface area contributed by atoms with E-state index < -0.39 is 15.4 Å². The highest BCUT2D eigenvalue weighted by Crippen LogP contribution is 2.29. The summed E-state index contributed by atoms with van der Waals surface area (Å²) in [7, 11) is -2.08. The number of phenols is 1. The third-order valence-corrected chi connectivity index (χ3v) is 4.28. The second-order valence-corrected chi connectivity index (χ2v) is 7.57.